The van der Waals surface area contributed by atoms with Crippen molar-refractivity contribution >= 4 is 40.3 Å². The fourth-order valence-electron chi connectivity index (χ4n) is 3.11. The highest BCUT2D eigenvalue weighted by Gasteiger charge is 2.32. The molecule has 1 aliphatic rings. The number of Topliss-reactive ketones (excluding diaryl/α,β-unsaturated/α-hetero) is 1. The fraction of sp³-hybridized carbons (Fsp3) is 0.158. The zero-order valence-corrected chi connectivity index (χ0v) is 14.0. The van der Waals surface area contributed by atoms with E-state index in [1.54, 1.807) is 28.8 Å². The summed E-state index contributed by atoms with van der Waals surface area (Å²) in [5.41, 5.74) is 2.64. The Bertz CT molecular complexity index is 1040. The number of benzene rings is 2. The summed E-state index contributed by atoms with van der Waals surface area (Å²) in [6.45, 7) is 1.49. The second kappa shape index (κ2) is 6.11. The van der Waals surface area contributed by atoms with E-state index in [2.05, 4.69) is 15.6 Å². The van der Waals surface area contributed by atoms with Crippen LogP contribution in [0.5, 0.6) is 0 Å². The second-order valence-corrected chi connectivity index (χ2v) is 6.19. The Morgan fingerprint density at radius 1 is 1.15 bits per heavy atom. The summed E-state index contributed by atoms with van der Waals surface area (Å²) < 4.78 is 1.75. The third-order valence-electron chi connectivity index (χ3n) is 4.40. The number of hydrogen-bond donors (Lipinski definition) is 2. The van der Waals surface area contributed by atoms with E-state index in [0.717, 1.165) is 5.52 Å². The van der Waals surface area contributed by atoms with Gasteiger partial charge in [-0.25, -0.2) is 4.98 Å². The number of amides is 2. The van der Waals surface area contributed by atoms with Crippen molar-refractivity contribution in [3.8, 4) is 0 Å². The van der Waals surface area contributed by atoms with Crippen LogP contribution in [0.25, 0.3) is 11.0 Å². The normalized spacial score (nSPS) is 16.0. The number of ketones is 1. The molecule has 1 aromatic heterocycles. The minimum Gasteiger partial charge on any atom is -0.324 e. The van der Waals surface area contributed by atoms with E-state index in [0.29, 0.717) is 22.7 Å². The van der Waals surface area contributed by atoms with E-state index in [-0.39, 0.29) is 24.0 Å². The first-order chi connectivity index (χ1) is 12.5. The van der Waals surface area contributed by atoms with Crippen molar-refractivity contribution < 1.29 is 14.4 Å². The van der Waals surface area contributed by atoms with Crippen LogP contribution in [0, 0.1) is 0 Å². The predicted molar refractivity (Wildman–Crippen MR) is 97.1 cm³/mol. The second-order valence-electron chi connectivity index (χ2n) is 6.19. The molecule has 0 spiro atoms. The molecule has 4 rings (SSSR count). The molecule has 26 heavy (non-hydrogen) atoms. The van der Waals surface area contributed by atoms with Gasteiger partial charge in [-0.2, -0.15) is 0 Å². The number of imidazole rings is 1. The first kappa shape index (κ1) is 16.0. The van der Waals surface area contributed by atoms with Gasteiger partial charge in [-0.3, -0.25) is 24.3 Å². The Balaban J connectivity index is 1.66. The first-order valence-electron chi connectivity index (χ1n) is 8.21. The average Bonchev–Trinajstić information content (AvgIpc) is 2.99. The van der Waals surface area contributed by atoms with Crippen LogP contribution < -0.4 is 10.6 Å². The summed E-state index contributed by atoms with van der Waals surface area (Å²) in [5, 5.41) is 5.53. The lowest BCUT2D eigenvalue weighted by atomic mass is 10.1. The van der Waals surface area contributed by atoms with Crippen LogP contribution in [0.2, 0.25) is 0 Å². The summed E-state index contributed by atoms with van der Waals surface area (Å²) in [5.74, 6) is -0.226. The lowest BCUT2D eigenvalue weighted by Crippen LogP contribution is -2.35. The largest absolute Gasteiger partial charge is 0.324 e. The molecule has 7 heteroatoms. The van der Waals surface area contributed by atoms with Crippen molar-refractivity contribution in [2.75, 3.05) is 10.6 Å². The molecule has 7 nitrogen and oxygen atoms in total. The topological polar surface area (TPSA) is 93.1 Å². The number of hydrogen-bond acceptors (Lipinski definition) is 4. The van der Waals surface area contributed by atoms with E-state index in [1.807, 2.05) is 24.3 Å². The van der Waals surface area contributed by atoms with Gasteiger partial charge in [-0.05, 0) is 43.3 Å². The summed E-state index contributed by atoms with van der Waals surface area (Å²) >= 11 is 0. The molecular weight excluding hydrogens is 332 g/mol. The third-order valence-corrected chi connectivity index (χ3v) is 4.40. The quantitative estimate of drug-likeness (QED) is 0.712. The molecule has 0 saturated heterocycles. The van der Waals surface area contributed by atoms with Gasteiger partial charge in [0.1, 0.15) is 6.04 Å². The zero-order chi connectivity index (χ0) is 18.3. The molecule has 2 amide bonds. The van der Waals surface area contributed by atoms with Gasteiger partial charge in [-0.1, -0.05) is 12.1 Å². The molecule has 0 radical (unpaired) electrons. The molecule has 0 fully saturated rings. The Kier molecular flexibility index (Phi) is 3.76. The molecule has 2 aromatic carbocycles. The van der Waals surface area contributed by atoms with E-state index >= 15 is 0 Å². The minimum absolute atomic E-state index is 0.0325. The molecule has 0 unspecified atom stereocenters. The van der Waals surface area contributed by atoms with Gasteiger partial charge >= 0.3 is 0 Å². The van der Waals surface area contributed by atoms with Crippen LogP contribution >= 0.6 is 0 Å². The van der Waals surface area contributed by atoms with Gasteiger partial charge in [0, 0.05) is 11.3 Å². The lowest BCUT2D eigenvalue weighted by Gasteiger charge is -2.25. The maximum atomic E-state index is 12.8. The highest BCUT2D eigenvalue weighted by molar-refractivity contribution is 6.03. The molecule has 0 saturated carbocycles. The molecule has 0 bridgehead atoms. The van der Waals surface area contributed by atoms with Crippen molar-refractivity contribution in [2.45, 2.75) is 19.4 Å². The molecule has 2 N–H and O–H groups in total. The van der Waals surface area contributed by atoms with Gasteiger partial charge in [0.05, 0.1) is 17.5 Å². The summed E-state index contributed by atoms with van der Waals surface area (Å²) in [4.78, 5) is 40.6. The Labute approximate surface area is 149 Å². The number of nitrogens with zero attached hydrogens (tertiary/aromatic N) is 2. The van der Waals surface area contributed by atoms with Crippen LogP contribution in [0.3, 0.4) is 0 Å². The highest BCUT2D eigenvalue weighted by atomic mass is 16.2. The smallest absolute Gasteiger partial charge is 0.248 e. The number of fused-ring (bicyclic) bond motifs is 3. The molecule has 2 heterocycles. The van der Waals surface area contributed by atoms with Crippen molar-refractivity contribution in [1.82, 2.24) is 9.55 Å². The highest BCUT2D eigenvalue weighted by Crippen LogP contribution is 2.31. The van der Waals surface area contributed by atoms with Gasteiger partial charge in [0.15, 0.2) is 5.78 Å². The minimum atomic E-state index is -0.696. The molecule has 130 valence electrons. The number of para-hydroxylation sites is 2. The van der Waals surface area contributed by atoms with Crippen LogP contribution in [0.4, 0.5) is 11.6 Å². The number of nitrogens with one attached hydrogen (secondary N) is 2. The monoisotopic (exact) mass is 348 g/mol. The Hall–Kier alpha value is -3.48. The lowest BCUT2D eigenvalue weighted by molar-refractivity contribution is -0.124. The van der Waals surface area contributed by atoms with Crippen LogP contribution in [0.15, 0.2) is 48.5 Å². The van der Waals surface area contributed by atoms with Gasteiger partial charge in [0.2, 0.25) is 17.8 Å². The fourth-order valence-corrected chi connectivity index (χ4v) is 3.11. The van der Waals surface area contributed by atoms with Crippen molar-refractivity contribution in [3.05, 3.63) is 54.1 Å². The van der Waals surface area contributed by atoms with Gasteiger partial charge in [0.25, 0.3) is 0 Å². The van der Waals surface area contributed by atoms with Crippen LogP contribution in [-0.2, 0) is 9.59 Å². The number of rotatable bonds is 3. The standard InChI is InChI=1S/C19H16N4O3/c1-11(24)12-6-8-13(9-7-12)20-18(26)16-10-17(25)22-19-21-14-4-2-3-5-15(14)23(16)19/h2-9,16H,10H2,1H3,(H,20,26)(H,21,22,25)/t16-/m1/s1. The third kappa shape index (κ3) is 2.73. The van der Waals surface area contributed by atoms with E-state index < -0.39 is 6.04 Å². The number of aromatic nitrogens is 2. The maximum Gasteiger partial charge on any atom is 0.248 e. The van der Waals surface area contributed by atoms with Gasteiger partial charge < -0.3 is 5.32 Å². The van der Waals surface area contributed by atoms with E-state index in [1.165, 1.54) is 6.92 Å². The number of anilines is 2. The number of carbonyl (C=O) groups excluding carboxylic acids is 3. The van der Waals surface area contributed by atoms with E-state index in [9.17, 15) is 14.4 Å². The average molecular weight is 348 g/mol. The molecule has 0 aliphatic carbocycles. The summed E-state index contributed by atoms with van der Waals surface area (Å²) in [6.07, 6.45) is 0.0325. The first-order valence-corrected chi connectivity index (χ1v) is 8.21. The number of carbonyl (C=O) groups is 3. The van der Waals surface area contributed by atoms with Crippen molar-refractivity contribution in [3.63, 3.8) is 0 Å². The van der Waals surface area contributed by atoms with Crippen molar-refractivity contribution in [1.29, 1.82) is 0 Å². The summed E-state index contributed by atoms with van der Waals surface area (Å²) in [7, 11) is 0. The van der Waals surface area contributed by atoms with Crippen LogP contribution in [-0.4, -0.2) is 27.1 Å². The van der Waals surface area contributed by atoms with Gasteiger partial charge in [-0.15, -0.1) is 0 Å². The predicted octanol–water partition coefficient (Wildman–Crippen LogP) is 2.76. The molecular formula is C19H16N4O3. The van der Waals surface area contributed by atoms with Crippen LogP contribution in [0.1, 0.15) is 29.7 Å². The summed E-state index contributed by atoms with van der Waals surface area (Å²) in [6, 6.07) is 13.4. The maximum absolute atomic E-state index is 12.8. The van der Waals surface area contributed by atoms with E-state index in [4.69, 9.17) is 0 Å². The molecule has 3 aromatic rings. The Morgan fingerprint density at radius 3 is 2.62 bits per heavy atom. The molecule has 1 aliphatic heterocycles. The SMILES string of the molecule is CC(=O)c1ccc(NC(=O)[C@H]2CC(=O)Nc3nc4ccccc4n32)cc1. The Morgan fingerprint density at radius 2 is 1.88 bits per heavy atom. The molecule has 1 atom stereocenters. The van der Waals surface area contributed by atoms with Crippen molar-refractivity contribution in [2.24, 2.45) is 0 Å². The zero-order valence-electron chi connectivity index (χ0n) is 14.0.